The van der Waals surface area contributed by atoms with Gasteiger partial charge in [-0.05, 0) is 50.0 Å². The zero-order valence-electron chi connectivity index (χ0n) is 16.6. The van der Waals surface area contributed by atoms with Crippen molar-refractivity contribution in [3.63, 3.8) is 0 Å². The van der Waals surface area contributed by atoms with Gasteiger partial charge in [0.05, 0.1) is 12.2 Å². The number of esters is 1. The van der Waals surface area contributed by atoms with Gasteiger partial charge in [0.25, 0.3) is 0 Å². The number of rotatable bonds is 9. The Morgan fingerprint density at radius 2 is 1.93 bits per heavy atom. The molecule has 0 bridgehead atoms. The van der Waals surface area contributed by atoms with Gasteiger partial charge in [0.2, 0.25) is 0 Å². The van der Waals surface area contributed by atoms with E-state index in [2.05, 4.69) is 4.90 Å². The van der Waals surface area contributed by atoms with Crippen LogP contribution in [0.3, 0.4) is 0 Å². The SMILES string of the molecule is CCCOC(=O)CCc1cc2c(C)cc(=O)oc2c(CN(CC)CC)c1O. The Balaban J connectivity index is 2.47. The predicted octanol–water partition coefficient (Wildman–Crippen LogP) is 3.53. The minimum Gasteiger partial charge on any atom is -0.507 e. The van der Waals surface area contributed by atoms with Crippen LogP contribution in [0.2, 0.25) is 0 Å². The van der Waals surface area contributed by atoms with E-state index in [1.165, 1.54) is 6.07 Å². The first-order valence-corrected chi connectivity index (χ1v) is 9.57. The third-order valence-electron chi connectivity index (χ3n) is 4.73. The van der Waals surface area contributed by atoms with E-state index in [4.69, 9.17) is 9.15 Å². The van der Waals surface area contributed by atoms with Gasteiger partial charge in [-0.3, -0.25) is 9.69 Å². The second kappa shape index (κ2) is 9.55. The zero-order chi connectivity index (χ0) is 20.0. The van der Waals surface area contributed by atoms with Crippen molar-refractivity contribution in [2.45, 2.75) is 53.5 Å². The molecular weight excluding hydrogens is 346 g/mol. The number of ether oxygens (including phenoxy) is 1. The van der Waals surface area contributed by atoms with Gasteiger partial charge in [0.15, 0.2) is 0 Å². The van der Waals surface area contributed by atoms with Crippen molar-refractivity contribution in [1.82, 2.24) is 4.90 Å². The molecular formula is C21H29NO5. The molecule has 0 unspecified atom stereocenters. The Morgan fingerprint density at radius 3 is 2.56 bits per heavy atom. The molecule has 148 valence electrons. The molecule has 1 aromatic carbocycles. The lowest BCUT2D eigenvalue weighted by Crippen LogP contribution is -2.22. The maximum Gasteiger partial charge on any atom is 0.336 e. The maximum absolute atomic E-state index is 11.9. The lowest BCUT2D eigenvalue weighted by Gasteiger charge is -2.21. The van der Waals surface area contributed by atoms with Gasteiger partial charge in [0, 0.05) is 24.4 Å². The van der Waals surface area contributed by atoms with E-state index >= 15 is 0 Å². The Bertz CT molecular complexity index is 852. The fraction of sp³-hybridized carbons (Fsp3) is 0.524. The summed E-state index contributed by atoms with van der Waals surface area (Å²) in [6.45, 7) is 10.3. The molecule has 0 amide bonds. The first-order valence-electron chi connectivity index (χ1n) is 9.57. The summed E-state index contributed by atoms with van der Waals surface area (Å²) < 4.78 is 10.6. The van der Waals surface area contributed by atoms with Gasteiger partial charge in [-0.15, -0.1) is 0 Å². The standard InChI is InChI=1S/C21H29NO5/c1-5-10-26-18(23)9-8-15-12-16-14(4)11-19(24)27-21(16)17(20(15)25)13-22(6-2)7-3/h11-12,25H,5-10,13H2,1-4H3. The van der Waals surface area contributed by atoms with E-state index in [0.29, 0.717) is 36.3 Å². The molecule has 1 aromatic heterocycles. The number of aromatic hydroxyl groups is 1. The van der Waals surface area contributed by atoms with E-state index in [1.54, 1.807) is 0 Å². The van der Waals surface area contributed by atoms with Crippen LogP contribution in [0.5, 0.6) is 5.75 Å². The second-order valence-electron chi connectivity index (χ2n) is 6.67. The highest BCUT2D eigenvalue weighted by molar-refractivity contribution is 5.86. The van der Waals surface area contributed by atoms with Crippen LogP contribution in [-0.4, -0.2) is 35.7 Å². The van der Waals surface area contributed by atoms with E-state index in [9.17, 15) is 14.7 Å². The van der Waals surface area contributed by atoms with Gasteiger partial charge in [-0.1, -0.05) is 20.8 Å². The van der Waals surface area contributed by atoms with Gasteiger partial charge in [0.1, 0.15) is 11.3 Å². The maximum atomic E-state index is 11.9. The highest BCUT2D eigenvalue weighted by Crippen LogP contribution is 2.34. The molecule has 0 aliphatic rings. The van der Waals surface area contributed by atoms with Gasteiger partial charge >= 0.3 is 11.6 Å². The second-order valence-corrected chi connectivity index (χ2v) is 6.67. The smallest absolute Gasteiger partial charge is 0.336 e. The molecule has 2 aromatic rings. The van der Waals surface area contributed by atoms with Crippen LogP contribution in [0.4, 0.5) is 0 Å². The first-order chi connectivity index (χ1) is 12.9. The third kappa shape index (κ3) is 5.10. The molecule has 0 spiro atoms. The normalized spacial score (nSPS) is 11.3. The van der Waals surface area contributed by atoms with E-state index in [0.717, 1.165) is 30.5 Å². The molecule has 0 saturated carbocycles. The van der Waals surface area contributed by atoms with E-state index in [1.807, 2.05) is 33.8 Å². The lowest BCUT2D eigenvalue weighted by atomic mass is 9.98. The summed E-state index contributed by atoms with van der Waals surface area (Å²) in [6.07, 6.45) is 1.34. The fourth-order valence-corrected chi connectivity index (χ4v) is 3.10. The van der Waals surface area contributed by atoms with Gasteiger partial charge < -0.3 is 14.3 Å². The molecule has 0 fully saturated rings. The Hall–Kier alpha value is -2.34. The minimum absolute atomic E-state index is 0.0893. The van der Waals surface area contributed by atoms with Crippen molar-refractivity contribution in [3.8, 4) is 5.75 Å². The number of hydrogen-bond donors (Lipinski definition) is 1. The summed E-state index contributed by atoms with van der Waals surface area (Å²) >= 11 is 0. The Labute approximate surface area is 159 Å². The van der Waals surface area contributed by atoms with Crippen LogP contribution >= 0.6 is 0 Å². The molecule has 1 N–H and O–H groups in total. The number of nitrogens with zero attached hydrogens (tertiary/aromatic N) is 1. The zero-order valence-corrected chi connectivity index (χ0v) is 16.6. The van der Waals surface area contributed by atoms with Crippen LogP contribution in [-0.2, 0) is 22.5 Å². The van der Waals surface area contributed by atoms with Crippen LogP contribution < -0.4 is 5.63 Å². The molecule has 0 aliphatic heterocycles. The average molecular weight is 375 g/mol. The third-order valence-corrected chi connectivity index (χ3v) is 4.73. The topological polar surface area (TPSA) is 80.0 Å². The van der Waals surface area contributed by atoms with Crippen molar-refractivity contribution in [2.24, 2.45) is 0 Å². The molecule has 6 nitrogen and oxygen atoms in total. The van der Waals surface area contributed by atoms with Gasteiger partial charge in [-0.2, -0.15) is 0 Å². The summed E-state index contributed by atoms with van der Waals surface area (Å²) in [5.41, 5.74) is 2.03. The van der Waals surface area contributed by atoms with E-state index in [-0.39, 0.29) is 18.1 Å². The predicted molar refractivity (Wildman–Crippen MR) is 105 cm³/mol. The molecule has 27 heavy (non-hydrogen) atoms. The molecule has 0 saturated heterocycles. The highest BCUT2D eigenvalue weighted by Gasteiger charge is 2.19. The van der Waals surface area contributed by atoms with Crippen molar-refractivity contribution in [3.05, 3.63) is 39.2 Å². The Morgan fingerprint density at radius 1 is 1.22 bits per heavy atom. The lowest BCUT2D eigenvalue weighted by molar-refractivity contribution is -0.143. The molecule has 6 heteroatoms. The summed E-state index contributed by atoms with van der Waals surface area (Å²) in [5.74, 6) is -0.190. The largest absolute Gasteiger partial charge is 0.507 e. The monoisotopic (exact) mass is 375 g/mol. The average Bonchev–Trinajstić information content (AvgIpc) is 2.64. The van der Waals surface area contributed by atoms with Crippen molar-refractivity contribution >= 4 is 16.9 Å². The highest BCUT2D eigenvalue weighted by atomic mass is 16.5. The number of hydrogen-bond acceptors (Lipinski definition) is 6. The number of fused-ring (bicyclic) bond motifs is 1. The van der Waals surface area contributed by atoms with Crippen molar-refractivity contribution < 1.29 is 19.1 Å². The molecule has 2 rings (SSSR count). The summed E-state index contributed by atoms with van der Waals surface area (Å²) in [5, 5.41) is 11.6. The molecule has 1 heterocycles. The number of benzene rings is 1. The number of carbonyl (C=O) groups excluding carboxylic acids is 1. The number of phenolic OH excluding ortho intramolecular Hbond substituents is 1. The van der Waals surface area contributed by atoms with Crippen LogP contribution in [0.25, 0.3) is 11.0 Å². The minimum atomic E-state index is -0.434. The molecule has 0 atom stereocenters. The number of phenols is 1. The summed E-state index contributed by atoms with van der Waals surface area (Å²) in [6, 6.07) is 3.25. The number of aryl methyl sites for hydroxylation is 2. The quantitative estimate of drug-likeness (QED) is 0.533. The van der Waals surface area contributed by atoms with Crippen LogP contribution in [0.15, 0.2) is 21.3 Å². The van der Waals surface area contributed by atoms with Crippen molar-refractivity contribution in [1.29, 1.82) is 0 Å². The Kier molecular flexibility index (Phi) is 7.42. The van der Waals surface area contributed by atoms with Crippen LogP contribution in [0.1, 0.15) is 50.3 Å². The fourth-order valence-electron chi connectivity index (χ4n) is 3.10. The van der Waals surface area contributed by atoms with Gasteiger partial charge in [-0.25, -0.2) is 4.79 Å². The molecule has 0 aliphatic carbocycles. The first kappa shape index (κ1) is 21.0. The van der Waals surface area contributed by atoms with Crippen molar-refractivity contribution in [2.75, 3.05) is 19.7 Å². The summed E-state index contributed by atoms with van der Waals surface area (Å²) in [7, 11) is 0. The molecule has 0 radical (unpaired) electrons. The van der Waals surface area contributed by atoms with Crippen LogP contribution in [0, 0.1) is 6.92 Å². The summed E-state index contributed by atoms with van der Waals surface area (Å²) in [4.78, 5) is 25.9. The van der Waals surface area contributed by atoms with E-state index < -0.39 is 5.63 Å². The number of carbonyl (C=O) groups is 1.